The van der Waals surface area contributed by atoms with E-state index in [0.29, 0.717) is 5.25 Å². The monoisotopic (exact) mass is 244 g/mol. The van der Waals surface area contributed by atoms with Crippen molar-refractivity contribution in [2.45, 2.75) is 17.1 Å². The molecule has 0 bridgehead atoms. The van der Waals surface area contributed by atoms with Crippen LogP contribution in [0.5, 0.6) is 0 Å². The summed E-state index contributed by atoms with van der Waals surface area (Å²) in [5.41, 5.74) is 0. The van der Waals surface area contributed by atoms with Gasteiger partial charge in [0.2, 0.25) is 0 Å². The van der Waals surface area contributed by atoms with Crippen LogP contribution < -0.4 is 5.32 Å². The molecule has 1 atom stereocenters. The molecule has 0 saturated carbocycles. The zero-order valence-electron chi connectivity index (χ0n) is 9.84. The zero-order chi connectivity index (χ0) is 11.9. The third-order valence-corrected chi connectivity index (χ3v) is 3.43. The largest absolute Gasteiger partial charge is 0.369 e. The van der Waals surface area contributed by atoms with Gasteiger partial charge in [0, 0.05) is 22.9 Å². The van der Waals surface area contributed by atoms with Gasteiger partial charge in [0.05, 0.1) is 0 Å². The molecule has 0 spiro atoms. The second-order valence-electron chi connectivity index (χ2n) is 3.84. The summed E-state index contributed by atoms with van der Waals surface area (Å²) in [5.74, 6) is 0.938. The summed E-state index contributed by atoms with van der Waals surface area (Å²) in [6.45, 7) is 3.13. The van der Waals surface area contributed by atoms with Crippen LogP contribution in [0.1, 0.15) is 6.92 Å². The number of benzene rings is 1. The van der Waals surface area contributed by atoms with E-state index in [9.17, 15) is 0 Å². The van der Waals surface area contributed by atoms with Crippen molar-refractivity contribution in [3.05, 3.63) is 54.7 Å². The maximum atomic E-state index is 4.24. The molecule has 17 heavy (non-hydrogen) atoms. The molecule has 0 aliphatic heterocycles. The van der Waals surface area contributed by atoms with E-state index in [1.165, 1.54) is 4.90 Å². The number of thioether (sulfide) groups is 1. The topological polar surface area (TPSA) is 24.9 Å². The van der Waals surface area contributed by atoms with E-state index >= 15 is 0 Å². The Hall–Kier alpha value is -1.48. The zero-order valence-corrected chi connectivity index (χ0v) is 10.7. The minimum atomic E-state index is 0.513. The van der Waals surface area contributed by atoms with Gasteiger partial charge in [-0.2, -0.15) is 0 Å². The highest BCUT2D eigenvalue weighted by Gasteiger charge is 2.03. The molecule has 3 heteroatoms. The van der Waals surface area contributed by atoms with Crippen molar-refractivity contribution in [1.82, 2.24) is 4.98 Å². The molecule has 1 heterocycles. The fraction of sp³-hybridized carbons (Fsp3) is 0.214. The van der Waals surface area contributed by atoms with Crippen LogP contribution in [0.15, 0.2) is 59.6 Å². The maximum Gasteiger partial charge on any atom is 0.125 e. The number of rotatable bonds is 5. The Kier molecular flexibility index (Phi) is 4.45. The van der Waals surface area contributed by atoms with E-state index in [-0.39, 0.29) is 0 Å². The van der Waals surface area contributed by atoms with Crippen LogP contribution in [0.25, 0.3) is 0 Å². The summed E-state index contributed by atoms with van der Waals surface area (Å²) < 4.78 is 0. The standard InChI is InChI=1S/C14H16N2S/c1-12(17-13-7-3-2-4-8-13)11-16-14-9-5-6-10-15-14/h2-10,12H,11H2,1H3,(H,15,16). The van der Waals surface area contributed by atoms with Crippen molar-refractivity contribution in [3.63, 3.8) is 0 Å². The van der Waals surface area contributed by atoms with Gasteiger partial charge in [0.25, 0.3) is 0 Å². The number of aromatic nitrogens is 1. The molecule has 0 saturated heterocycles. The van der Waals surface area contributed by atoms with E-state index in [1.807, 2.05) is 36.0 Å². The lowest BCUT2D eigenvalue weighted by molar-refractivity contribution is 0.987. The first-order valence-electron chi connectivity index (χ1n) is 5.71. The molecule has 1 aromatic heterocycles. The van der Waals surface area contributed by atoms with Gasteiger partial charge < -0.3 is 5.32 Å². The summed E-state index contributed by atoms with van der Waals surface area (Å²) >= 11 is 1.87. The van der Waals surface area contributed by atoms with Gasteiger partial charge in [-0.3, -0.25) is 0 Å². The van der Waals surface area contributed by atoms with Gasteiger partial charge in [-0.15, -0.1) is 11.8 Å². The first-order valence-corrected chi connectivity index (χ1v) is 6.59. The van der Waals surface area contributed by atoms with Crippen molar-refractivity contribution in [3.8, 4) is 0 Å². The fourth-order valence-corrected chi connectivity index (χ4v) is 2.43. The van der Waals surface area contributed by atoms with Crippen molar-refractivity contribution in [2.75, 3.05) is 11.9 Å². The minimum Gasteiger partial charge on any atom is -0.369 e. The Labute approximate surface area is 106 Å². The highest BCUT2D eigenvalue weighted by atomic mass is 32.2. The third-order valence-electron chi connectivity index (χ3n) is 2.32. The number of hydrogen-bond acceptors (Lipinski definition) is 3. The number of nitrogens with one attached hydrogen (secondary N) is 1. The van der Waals surface area contributed by atoms with Crippen LogP contribution >= 0.6 is 11.8 Å². The summed E-state index contributed by atoms with van der Waals surface area (Å²) in [6.07, 6.45) is 1.80. The highest BCUT2D eigenvalue weighted by Crippen LogP contribution is 2.22. The average Bonchev–Trinajstić information content (AvgIpc) is 2.39. The number of anilines is 1. The first kappa shape index (κ1) is 12.0. The van der Waals surface area contributed by atoms with Crippen molar-refractivity contribution in [1.29, 1.82) is 0 Å². The minimum absolute atomic E-state index is 0.513. The highest BCUT2D eigenvalue weighted by molar-refractivity contribution is 8.00. The molecule has 88 valence electrons. The van der Waals surface area contributed by atoms with E-state index in [1.54, 1.807) is 6.20 Å². The Morgan fingerprint density at radius 2 is 1.88 bits per heavy atom. The molecule has 0 aliphatic rings. The van der Waals surface area contributed by atoms with Gasteiger partial charge in [0.15, 0.2) is 0 Å². The van der Waals surface area contributed by atoms with Gasteiger partial charge in [-0.05, 0) is 24.3 Å². The summed E-state index contributed by atoms with van der Waals surface area (Å²) in [6, 6.07) is 16.4. The second kappa shape index (κ2) is 6.30. The quantitative estimate of drug-likeness (QED) is 0.812. The van der Waals surface area contributed by atoms with Crippen LogP contribution in [0.4, 0.5) is 5.82 Å². The van der Waals surface area contributed by atoms with Crippen LogP contribution in [0.2, 0.25) is 0 Å². The van der Waals surface area contributed by atoms with Crippen molar-refractivity contribution >= 4 is 17.6 Å². The predicted octanol–water partition coefficient (Wildman–Crippen LogP) is 3.67. The molecule has 1 aromatic carbocycles. The van der Waals surface area contributed by atoms with Crippen molar-refractivity contribution in [2.24, 2.45) is 0 Å². The first-order chi connectivity index (χ1) is 8.34. The SMILES string of the molecule is CC(CNc1ccccn1)Sc1ccccc1. The van der Waals surface area contributed by atoms with Crippen LogP contribution in [0.3, 0.4) is 0 Å². The third kappa shape index (κ3) is 4.11. The van der Waals surface area contributed by atoms with E-state index in [4.69, 9.17) is 0 Å². The lowest BCUT2D eigenvalue weighted by Crippen LogP contribution is -2.13. The molecule has 0 fully saturated rings. The Balaban J connectivity index is 1.80. The normalized spacial score (nSPS) is 12.1. The molecular weight excluding hydrogens is 228 g/mol. The molecule has 0 amide bonds. The molecule has 1 unspecified atom stereocenters. The molecule has 2 rings (SSSR count). The van der Waals surface area contributed by atoms with E-state index in [0.717, 1.165) is 12.4 Å². The average molecular weight is 244 g/mol. The van der Waals surface area contributed by atoms with Crippen LogP contribution in [-0.2, 0) is 0 Å². The number of nitrogens with zero attached hydrogens (tertiary/aromatic N) is 1. The number of pyridine rings is 1. The fourth-order valence-electron chi connectivity index (χ4n) is 1.49. The Morgan fingerprint density at radius 3 is 2.59 bits per heavy atom. The maximum absolute atomic E-state index is 4.24. The van der Waals surface area contributed by atoms with Gasteiger partial charge in [0.1, 0.15) is 5.82 Å². The summed E-state index contributed by atoms with van der Waals surface area (Å²) in [4.78, 5) is 5.55. The van der Waals surface area contributed by atoms with Crippen LogP contribution in [-0.4, -0.2) is 16.8 Å². The lowest BCUT2D eigenvalue weighted by atomic mass is 10.4. The molecule has 2 aromatic rings. The van der Waals surface area contributed by atoms with Gasteiger partial charge in [-0.25, -0.2) is 4.98 Å². The molecule has 0 aliphatic carbocycles. The van der Waals surface area contributed by atoms with Crippen molar-refractivity contribution < 1.29 is 0 Å². The smallest absolute Gasteiger partial charge is 0.125 e. The lowest BCUT2D eigenvalue weighted by Gasteiger charge is -2.12. The van der Waals surface area contributed by atoms with Gasteiger partial charge >= 0.3 is 0 Å². The Morgan fingerprint density at radius 1 is 1.12 bits per heavy atom. The Bertz CT molecular complexity index is 430. The molecule has 1 N–H and O–H groups in total. The second-order valence-corrected chi connectivity index (χ2v) is 5.35. The molecular formula is C14H16N2S. The number of hydrogen-bond donors (Lipinski definition) is 1. The van der Waals surface area contributed by atoms with Crippen LogP contribution in [0, 0.1) is 0 Å². The van der Waals surface area contributed by atoms with E-state index in [2.05, 4.69) is 41.5 Å². The molecule has 0 radical (unpaired) electrons. The van der Waals surface area contributed by atoms with Gasteiger partial charge in [-0.1, -0.05) is 31.2 Å². The predicted molar refractivity (Wildman–Crippen MR) is 74.5 cm³/mol. The summed E-state index contributed by atoms with van der Waals surface area (Å²) in [5, 5.41) is 3.85. The summed E-state index contributed by atoms with van der Waals surface area (Å²) in [7, 11) is 0. The molecule has 2 nitrogen and oxygen atoms in total. The van der Waals surface area contributed by atoms with E-state index < -0.39 is 0 Å².